The van der Waals surface area contributed by atoms with E-state index in [1.165, 1.54) is 13.8 Å². The highest BCUT2D eigenvalue weighted by Crippen LogP contribution is 2.42. The Hall–Kier alpha value is -2.87. The van der Waals surface area contributed by atoms with Gasteiger partial charge in [-0.05, 0) is 59.4 Å². The summed E-state index contributed by atoms with van der Waals surface area (Å²) in [5.41, 5.74) is -2.31. The number of pyridine rings is 1. The Bertz CT molecular complexity index is 1230. The monoisotopic (exact) mass is 575 g/mol. The number of halogens is 5. The maximum Gasteiger partial charge on any atom is 0.408 e. The van der Waals surface area contributed by atoms with Crippen molar-refractivity contribution in [1.29, 1.82) is 0 Å². The predicted molar refractivity (Wildman–Crippen MR) is 135 cm³/mol. The lowest BCUT2D eigenvalue weighted by Gasteiger charge is -2.26. The van der Waals surface area contributed by atoms with Gasteiger partial charge >= 0.3 is 6.18 Å². The van der Waals surface area contributed by atoms with Crippen LogP contribution in [0.1, 0.15) is 85.7 Å². The number of fused-ring (bicyclic) bond motifs is 2. The summed E-state index contributed by atoms with van der Waals surface area (Å²) in [7, 11) is 0. The molecule has 2 aliphatic rings. The number of carbonyl (C=O) groups excluding carboxylic acids is 2. The van der Waals surface area contributed by atoms with Crippen molar-refractivity contribution in [3.05, 3.63) is 28.5 Å². The number of amides is 2. The van der Waals surface area contributed by atoms with Crippen LogP contribution in [0.25, 0.3) is 10.4 Å². The van der Waals surface area contributed by atoms with E-state index in [4.69, 9.17) is 0 Å². The van der Waals surface area contributed by atoms with Crippen molar-refractivity contribution in [1.82, 2.24) is 20.2 Å². The third-order valence-corrected chi connectivity index (χ3v) is 8.48. The minimum Gasteiger partial charge on any atom is -0.388 e. The molecule has 2 saturated heterocycles. The third kappa shape index (κ3) is 6.01. The molecule has 0 spiro atoms. The molecule has 14 heteroatoms. The van der Waals surface area contributed by atoms with Crippen molar-refractivity contribution in [3.8, 4) is 10.4 Å². The van der Waals surface area contributed by atoms with Gasteiger partial charge in [-0.25, -0.2) is 18.7 Å². The lowest BCUT2D eigenvalue weighted by Crippen LogP contribution is -2.47. The summed E-state index contributed by atoms with van der Waals surface area (Å²) < 4.78 is 67.4. The Labute approximate surface area is 226 Å². The van der Waals surface area contributed by atoms with Crippen LogP contribution in [-0.4, -0.2) is 67.7 Å². The van der Waals surface area contributed by atoms with Crippen molar-refractivity contribution in [2.45, 2.75) is 95.7 Å². The van der Waals surface area contributed by atoms with E-state index in [1.807, 2.05) is 0 Å². The number of aromatic nitrogens is 2. The van der Waals surface area contributed by atoms with E-state index in [1.54, 1.807) is 11.8 Å². The van der Waals surface area contributed by atoms with Gasteiger partial charge in [0.2, 0.25) is 0 Å². The summed E-state index contributed by atoms with van der Waals surface area (Å²) >= 11 is 0.713. The highest BCUT2D eigenvalue weighted by molar-refractivity contribution is 7.17. The Morgan fingerprint density at radius 1 is 1.10 bits per heavy atom. The molecule has 2 aliphatic heterocycles. The molecule has 2 aromatic rings. The highest BCUT2D eigenvalue weighted by atomic mass is 32.1. The van der Waals surface area contributed by atoms with Gasteiger partial charge in [-0.15, -0.1) is 11.3 Å². The van der Waals surface area contributed by atoms with E-state index in [9.17, 15) is 36.6 Å². The van der Waals surface area contributed by atoms with Gasteiger partial charge in [0.1, 0.15) is 17.6 Å². The molecule has 2 fully saturated rings. The van der Waals surface area contributed by atoms with Crippen LogP contribution in [0.2, 0.25) is 0 Å². The van der Waals surface area contributed by atoms with E-state index in [-0.39, 0.29) is 33.2 Å². The smallest absolute Gasteiger partial charge is 0.388 e. The largest absolute Gasteiger partial charge is 0.408 e. The van der Waals surface area contributed by atoms with Crippen LogP contribution in [0.3, 0.4) is 0 Å². The van der Waals surface area contributed by atoms with Crippen LogP contribution in [0.15, 0.2) is 12.3 Å². The van der Waals surface area contributed by atoms with Gasteiger partial charge in [-0.2, -0.15) is 13.2 Å². The lowest BCUT2D eigenvalue weighted by atomic mass is 10.0. The average Bonchev–Trinajstić information content (AvgIpc) is 3.57. The molecule has 2 atom stereocenters. The maximum atomic E-state index is 14.2. The number of alkyl halides is 5. The van der Waals surface area contributed by atoms with Crippen LogP contribution < -0.4 is 10.6 Å². The summed E-state index contributed by atoms with van der Waals surface area (Å²) in [5, 5.41) is 14.7. The second-order valence-corrected chi connectivity index (χ2v) is 11.6. The number of hydrogen-bond acceptors (Lipinski definition) is 7. The Balaban J connectivity index is 1.77. The molecule has 2 aromatic heterocycles. The van der Waals surface area contributed by atoms with Crippen LogP contribution in [0.4, 0.5) is 27.8 Å². The van der Waals surface area contributed by atoms with E-state index in [2.05, 4.69) is 20.6 Å². The number of aliphatic hydroxyl groups is 1. The fraction of sp³-hybridized carbons (Fsp3) is 0.600. The fourth-order valence-corrected chi connectivity index (χ4v) is 5.76. The molecule has 3 N–H and O–H groups in total. The molecule has 2 bridgehead atoms. The molecule has 4 rings (SSSR count). The molecule has 0 aromatic carbocycles. The van der Waals surface area contributed by atoms with Crippen molar-refractivity contribution in [2.24, 2.45) is 0 Å². The van der Waals surface area contributed by atoms with E-state index in [0.717, 1.165) is 44.9 Å². The first-order valence-electron chi connectivity index (χ1n) is 12.6. The number of nitrogens with one attached hydrogen (secondary N) is 2. The molecule has 0 aliphatic carbocycles. The average molecular weight is 576 g/mol. The number of carbonyl (C=O) groups is 2. The Morgan fingerprint density at radius 2 is 1.69 bits per heavy atom. The summed E-state index contributed by atoms with van der Waals surface area (Å²) in [4.78, 5) is 36.5. The van der Waals surface area contributed by atoms with Crippen LogP contribution in [0, 0.1) is 0 Å². The van der Waals surface area contributed by atoms with Gasteiger partial charge in [0.15, 0.2) is 5.01 Å². The molecule has 39 heavy (non-hydrogen) atoms. The molecule has 214 valence electrons. The predicted octanol–water partition coefficient (Wildman–Crippen LogP) is 5.16. The number of thiazole rings is 1. The molecule has 2 amide bonds. The zero-order valence-corrected chi connectivity index (χ0v) is 22.6. The van der Waals surface area contributed by atoms with E-state index >= 15 is 0 Å². The summed E-state index contributed by atoms with van der Waals surface area (Å²) in [6.45, 7) is 5.41. The maximum absolute atomic E-state index is 14.2. The lowest BCUT2D eigenvalue weighted by molar-refractivity contribution is -0.138. The molecule has 4 heterocycles. The van der Waals surface area contributed by atoms with Gasteiger partial charge in [0, 0.05) is 29.4 Å². The summed E-state index contributed by atoms with van der Waals surface area (Å²) in [5.74, 6) is -1.61. The SMILES string of the molecule is C[C@H](Nc1cc(C(F)F)c(-c2sc(C(=O)N[C@H](C)C(C)(C)O)nc2C(=O)N2[C@H]3CC[C@@H]2CC3)cn1)C(F)(F)F. The normalized spacial score (nSPS) is 20.8. The third-order valence-electron chi connectivity index (χ3n) is 7.39. The van der Waals surface area contributed by atoms with Gasteiger partial charge in [0.25, 0.3) is 18.2 Å². The van der Waals surface area contributed by atoms with Crippen molar-refractivity contribution in [2.75, 3.05) is 5.32 Å². The highest BCUT2D eigenvalue weighted by Gasteiger charge is 2.44. The molecule has 0 radical (unpaired) electrons. The van der Waals surface area contributed by atoms with Gasteiger partial charge in [0.05, 0.1) is 16.5 Å². The van der Waals surface area contributed by atoms with Crippen molar-refractivity contribution >= 4 is 29.0 Å². The quantitative estimate of drug-likeness (QED) is 0.376. The van der Waals surface area contributed by atoms with Gasteiger partial charge in [-0.1, -0.05) is 0 Å². The number of nitrogens with zero attached hydrogens (tertiary/aromatic N) is 3. The fourth-order valence-electron chi connectivity index (χ4n) is 4.77. The van der Waals surface area contributed by atoms with Crippen LogP contribution in [0.5, 0.6) is 0 Å². The first kappa shape index (κ1) is 29.1. The van der Waals surface area contributed by atoms with Crippen molar-refractivity contribution in [3.63, 3.8) is 0 Å². The minimum absolute atomic E-state index is 0.00679. The molecule has 0 unspecified atom stereocenters. The standard InChI is InChI=1S/C25H30F5N5O3S/c1-11(24(3,4)38)33-21(36)22-34-18(23(37)35-13-5-6-14(35)8-7-13)19(39-22)16-10-31-17(9-15(16)20(26)27)32-12(2)25(28,29)30/h9-14,20,38H,5-8H2,1-4H3,(H,31,32)(H,33,36)/t11-,12+,13-,14+/m1/s1. The zero-order chi connectivity index (χ0) is 28.9. The molecule has 8 nitrogen and oxygen atoms in total. The number of anilines is 1. The Morgan fingerprint density at radius 3 is 2.21 bits per heavy atom. The van der Waals surface area contributed by atoms with Gasteiger partial charge < -0.3 is 20.6 Å². The van der Waals surface area contributed by atoms with Crippen molar-refractivity contribution < 1.29 is 36.6 Å². The van der Waals surface area contributed by atoms with Crippen LogP contribution >= 0.6 is 11.3 Å². The topological polar surface area (TPSA) is 107 Å². The first-order valence-corrected chi connectivity index (χ1v) is 13.4. The second kappa shape index (κ2) is 10.6. The van der Waals surface area contributed by atoms with E-state index in [0.29, 0.717) is 11.3 Å². The number of rotatable bonds is 8. The van der Waals surface area contributed by atoms with Gasteiger partial charge in [-0.3, -0.25) is 9.59 Å². The zero-order valence-electron chi connectivity index (χ0n) is 21.8. The molecule has 0 saturated carbocycles. The first-order chi connectivity index (χ1) is 18.1. The molecular weight excluding hydrogens is 545 g/mol. The second-order valence-electron chi connectivity index (χ2n) is 10.6. The number of hydrogen-bond donors (Lipinski definition) is 3. The molecular formula is C25H30F5N5O3S. The minimum atomic E-state index is -4.62. The summed E-state index contributed by atoms with van der Waals surface area (Å²) in [6, 6.07) is -1.95. The summed E-state index contributed by atoms with van der Waals surface area (Å²) in [6.07, 6.45) is -3.52. The Kier molecular flexibility index (Phi) is 7.92. The van der Waals surface area contributed by atoms with E-state index < -0.39 is 53.5 Å². The van der Waals surface area contributed by atoms with Crippen LogP contribution in [-0.2, 0) is 0 Å².